The Morgan fingerprint density at radius 1 is 1.56 bits per heavy atom. The summed E-state index contributed by atoms with van der Waals surface area (Å²) < 4.78 is 7.19. The molecule has 1 unspecified atom stereocenters. The maximum Gasteiger partial charge on any atom is 0.193 e. The molecule has 2 heterocycles. The zero-order valence-electron chi connectivity index (χ0n) is 8.85. The van der Waals surface area contributed by atoms with Crippen LogP contribution >= 0.6 is 11.6 Å². The molecule has 2 aromatic rings. The van der Waals surface area contributed by atoms with Crippen LogP contribution in [0.5, 0.6) is 0 Å². The maximum absolute atomic E-state index is 5.74. The van der Waals surface area contributed by atoms with Crippen molar-refractivity contribution >= 4 is 11.6 Å². The number of hydrogen-bond acceptors (Lipinski definition) is 4. The van der Waals surface area contributed by atoms with Crippen molar-refractivity contribution in [3.8, 4) is 0 Å². The molecule has 2 aromatic heterocycles. The van der Waals surface area contributed by atoms with Crippen LogP contribution in [0.2, 0.25) is 5.22 Å². The number of nitrogens with one attached hydrogen (secondary N) is 1. The summed E-state index contributed by atoms with van der Waals surface area (Å²) in [6, 6.07) is 5.13. The van der Waals surface area contributed by atoms with Crippen LogP contribution in [-0.4, -0.2) is 9.78 Å². The summed E-state index contributed by atoms with van der Waals surface area (Å²) >= 11 is 5.74. The lowest BCUT2D eigenvalue weighted by Gasteiger charge is -2.14. The second-order valence-corrected chi connectivity index (χ2v) is 3.69. The predicted octanol–water partition coefficient (Wildman–Crippen LogP) is 1.70. The normalized spacial score (nSPS) is 12.9. The summed E-state index contributed by atoms with van der Waals surface area (Å²) in [5, 5.41) is 4.53. The Morgan fingerprint density at radius 2 is 2.38 bits per heavy atom. The minimum atomic E-state index is -0.241. The molecule has 3 N–H and O–H groups in total. The standard InChI is InChI=1S/C10H13ClN4O/c1-2-15-7(5-6-13-15)10(14-12)8-3-4-9(11)16-8/h3-6,10,14H,2,12H2,1H3. The van der Waals surface area contributed by atoms with Crippen LogP contribution in [0.25, 0.3) is 0 Å². The lowest BCUT2D eigenvalue weighted by atomic mass is 10.1. The molecule has 0 aliphatic carbocycles. The van der Waals surface area contributed by atoms with Crippen molar-refractivity contribution in [2.45, 2.75) is 19.5 Å². The molecule has 16 heavy (non-hydrogen) atoms. The van der Waals surface area contributed by atoms with Gasteiger partial charge in [0.25, 0.3) is 0 Å². The van der Waals surface area contributed by atoms with E-state index in [1.165, 1.54) is 0 Å². The first-order valence-electron chi connectivity index (χ1n) is 4.99. The summed E-state index contributed by atoms with van der Waals surface area (Å²) in [5.41, 5.74) is 3.64. The summed E-state index contributed by atoms with van der Waals surface area (Å²) in [6.45, 7) is 2.79. The van der Waals surface area contributed by atoms with Crippen molar-refractivity contribution in [1.82, 2.24) is 15.2 Å². The van der Waals surface area contributed by atoms with Crippen molar-refractivity contribution in [3.05, 3.63) is 41.1 Å². The minimum absolute atomic E-state index is 0.241. The third-order valence-electron chi connectivity index (χ3n) is 2.39. The van der Waals surface area contributed by atoms with E-state index >= 15 is 0 Å². The Kier molecular flexibility index (Phi) is 3.28. The van der Waals surface area contributed by atoms with Crippen LogP contribution < -0.4 is 11.3 Å². The zero-order valence-corrected chi connectivity index (χ0v) is 9.61. The molecule has 0 saturated heterocycles. The van der Waals surface area contributed by atoms with Crippen LogP contribution in [0.3, 0.4) is 0 Å². The quantitative estimate of drug-likeness (QED) is 0.631. The first-order chi connectivity index (χ1) is 7.76. The molecule has 2 rings (SSSR count). The molecule has 0 radical (unpaired) electrons. The molecule has 0 fully saturated rings. The first-order valence-corrected chi connectivity index (χ1v) is 5.37. The monoisotopic (exact) mass is 240 g/mol. The van der Waals surface area contributed by atoms with Crippen LogP contribution in [0.15, 0.2) is 28.8 Å². The van der Waals surface area contributed by atoms with E-state index < -0.39 is 0 Å². The van der Waals surface area contributed by atoms with Crippen LogP contribution in [-0.2, 0) is 6.54 Å². The lowest BCUT2D eigenvalue weighted by Crippen LogP contribution is -2.30. The number of hydrazine groups is 1. The number of furan rings is 1. The molecule has 0 bridgehead atoms. The van der Waals surface area contributed by atoms with Crippen LogP contribution in [0.4, 0.5) is 0 Å². The van der Waals surface area contributed by atoms with Gasteiger partial charge >= 0.3 is 0 Å². The largest absolute Gasteiger partial charge is 0.448 e. The van der Waals surface area contributed by atoms with Gasteiger partial charge in [-0.1, -0.05) is 0 Å². The van der Waals surface area contributed by atoms with Crippen LogP contribution in [0, 0.1) is 0 Å². The predicted molar refractivity (Wildman–Crippen MR) is 60.8 cm³/mol. The summed E-state index contributed by atoms with van der Waals surface area (Å²) in [4.78, 5) is 0. The van der Waals surface area contributed by atoms with Gasteiger partial charge in [0.15, 0.2) is 5.22 Å². The highest BCUT2D eigenvalue weighted by atomic mass is 35.5. The molecule has 0 aliphatic rings. The van der Waals surface area contributed by atoms with Gasteiger partial charge in [-0.25, -0.2) is 5.43 Å². The molecule has 5 nitrogen and oxygen atoms in total. The third kappa shape index (κ3) is 1.97. The molecule has 0 spiro atoms. The average molecular weight is 241 g/mol. The first kappa shape index (κ1) is 11.2. The van der Waals surface area contributed by atoms with E-state index in [1.54, 1.807) is 18.3 Å². The topological polar surface area (TPSA) is 69.0 Å². The number of halogens is 1. The number of hydrogen-bond donors (Lipinski definition) is 2. The van der Waals surface area contributed by atoms with Gasteiger partial charge in [0.05, 0.1) is 5.69 Å². The van der Waals surface area contributed by atoms with Crippen molar-refractivity contribution in [1.29, 1.82) is 0 Å². The Labute approximate surface area is 98.1 Å². The average Bonchev–Trinajstić information content (AvgIpc) is 2.89. The van der Waals surface area contributed by atoms with Gasteiger partial charge in [0, 0.05) is 12.7 Å². The molecule has 1 atom stereocenters. The Bertz CT molecular complexity index is 465. The fourth-order valence-corrected chi connectivity index (χ4v) is 1.80. The van der Waals surface area contributed by atoms with Gasteiger partial charge in [0.2, 0.25) is 0 Å². The summed E-state index contributed by atoms with van der Waals surface area (Å²) in [7, 11) is 0. The highest BCUT2D eigenvalue weighted by molar-refractivity contribution is 6.28. The van der Waals surface area contributed by atoms with Gasteiger partial charge in [-0.3, -0.25) is 10.5 Å². The molecule has 0 amide bonds. The fourth-order valence-electron chi connectivity index (χ4n) is 1.65. The van der Waals surface area contributed by atoms with E-state index in [4.69, 9.17) is 21.9 Å². The second-order valence-electron chi connectivity index (χ2n) is 3.31. The van der Waals surface area contributed by atoms with Crippen molar-refractivity contribution < 1.29 is 4.42 Å². The minimum Gasteiger partial charge on any atom is -0.448 e. The Hall–Kier alpha value is -1.30. The molecule has 0 aromatic carbocycles. The molecular weight excluding hydrogens is 228 g/mol. The highest BCUT2D eigenvalue weighted by Gasteiger charge is 2.19. The smallest absolute Gasteiger partial charge is 0.193 e. The number of aryl methyl sites for hydroxylation is 1. The van der Waals surface area contributed by atoms with E-state index in [0.29, 0.717) is 11.0 Å². The molecular formula is C10H13ClN4O. The molecule has 86 valence electrons. The highest BCUT2D eigenvalue weighted by Crippen LogP contribution is 2.24. The van der Waals surface area contributed by atoms with Crippen LogP contribution in [0.1, 0.15) is 24.4 Å². The van der Waals surface area contributed by atoms with E-state index in [-0.39, 0.29) is 6.04 Å². The lowest BCUT2D eigenvalue weighted by molar-refractivity contribution is 0.433. The van der Waals surface area contributed by atoms with Gasteiger partial charge < -0.3 is 4.42 Å². The van der Waals surface area contributed by atoms with Gasteiger partial charge in [-0.15, -0.1) is 0 Å². The number of rotatable bonds is 4. The molecule has 6 heteroatoms. The van der Waals surface area contributed by atoms with Crippen molar-refractivity contribution in [2.75, 3.05) is 0 Å². The van der Waals surface area contributed by atoms with Gasteiger partial charge in [-0.2, -0.15) is 5.10 Å². The number of aromatic nitrogens is 2. The van der Waals surface area contributed by atoms with E-state index in [9.17, 15) is 0 Å². The molecule has 0 aliphatic heterocycles. The van der Waals surface area contributed by atoms with Gasteiger partial charge in [0.1, 0.15) is 11.8 Å². The number of nitrogens with zero attached hydrogens (tertiary/aromatic N) is 2. The zero-order chi connectivity index (χ0) is 11.5. The second kappa shape index (κ2) is 4.69. The maximum atomic E-state index is 5.74. The third-order valence-corrected chi connectivity index (χ3v) is 2.59. The SMILES string of the molecule is CCn1nccc1C(NN)c1ccc(Cl)o1. The van der Waals surface area contributed by atoms with E-state index in [0.717, 1.165) is 12.2 Å². The van der Waals surface area contributed by atoms with E-state index in [1.807, 2.05) is 17.7 Å². The van der Waals surface area contributed by atoms with E-state index in [2.05, 4.69) is 10.5 Å². The Balaban J connectivity index is 2.36. The van der Waals surface area contributed by atoms with Crippen molar-refractivity contribution in [2.24, 2.45) is 5.84 Å². The fraction of sp³-hybridized carbons (Fsp3) is 0.300. The molecule has 0 saturated carbocycles. The number of nitrogens with two attached hydrogens (primary N) is 1. The van der Waals surface area contributed by atoms with Gasteiger partial charge in [-0.05, 0) is 36.7 Å². The summed E-state index contributed by atoms with van der Waals surface area (Å²) in [6.07, 6.45) is 1.73. The van der Waals surface area contributed by atoms with Crippen molar-refractivity contribution in [3.63, 3.8) is 0 Å². The summed E-state index contributed by atoms with van der Waals surface area (Å²) in [5.74, 6) is 6.20. The Morgan fingerprint density at radius 3 is 2.94 bits per heavy atom.